The predicted octanol–water partition coefficient (Wildman–Crippen LogP) is 2.31. The molecule has 0 saturated heterocycles. The number of halogens is 1. The lowest BCUT2D eigenvalue weighted by atomic mass is 9.75. The number of nitrogens with zero attached hydrogens (tertiary/aromatic N) is 3. The van der Waals surface area contributed by atoms with Gasteiger partial charge in [-0.05, 0) is 37.3 Å². The van der Waals surface area contributed by atoms with Gasteiger partial charge < -0.3 is 10.6 Å². The zero-order chi connectivity index (χ0) is 11.6. The van der Waals surface area contributed by atoms with Crippen LogP contribution in [0.2, 0.25) is 5.28 Å². The largest absolute Gasteiger partial charge is 0.357 e. The predicted molar refractivity (Wildman–Crippen MR) is 64.9 cm³/mol. The highest BCUT2D eigenvalue weighted by Gasteiger charge is 2.35. The van der Waals surface area contributed by atoms with E-state index in [1.165, 1.54) is 19.3 Å². The number of hydrogen-bond acceptors (Lipinski definition) is 5. The van der Waals surface area contributed by atoms with Crippen molar-refractivity contribution in [3.05, 3.63) is 5.28 Å². The Bertz CT molecular complexity index is 372. The summed E-state index contributed by atoms with van der Waals surface area (Å²) >= 11 is 5.82. The second-order valence-electron chi connectivity index (χ2n) is 4.11. The number of nitrogens with one attached hydrogen (secondary N) is 2. The summed E-state index contributed by atoms with van der Waals surface area (Å²) in [5.41, 5.74) is 0.162. The highest BCUT2D eigenvalue weighted by Crippen LogP contribution is 2.37. The topological polar surface area (TPSA) is 62.7 Å². The van der Waals surface area contributed by atoms with E-state index < -0.39 is 0 Å². The minimum atomic E-state index is 0.162. The maximum Gasteiger partial charge on any atom is 0.229 e. The van der Waals surface area contributed by atoms with Crippen LogP contribution in [0.1, 0.15) is 32.6 Å². The zero-order valence-corrected chi connectivity index (χ0v) is 10.3. The van der Waals surface area contributed by atoms with Gasteiger partial charge in [0.05, 0.1) is 0 Å². The van der Waals surface area contributed by atoms with Crippen LogP contribution in [0, 0.1) is 0 Å². The molecule has 1 aromatic heterocycles. The molecule has 88 valence electrons. The molecular weight excluding hydrogens is 226 g/mol. The summed E-state index contributed by atoms with van der Waals surface area (Å²) in [4.78, 5) is 12.3. The van der Waals surface area contributed by atoms with E-state index in [4.69, 9.17) is 11.6 Å². The van der Waals surface area contributed by atoms with E-state index in [2.05, 4.69) is 32.5 Å². The van der Waals surface area contributed by atoms with Gasteiger partial charge in [0.15, 0.2) is 0 Å². The van der Waals surface area contributed by atoms with E-state index in [0.29, 0.717) is 11.9 Å². The Morgan fingerprint density at radius 1 is 1.25 bits per heavy atom. The molecule has 0 bridgehead atoms. The van der Waals surface area contributed by atoms with Crippen molar-refractivity contribution in [3.63, 3.8) is 0 Å². The monoisotopic (exact) mass is 241 g/mol. The minimum absolute atomic E-state index is 0.162. The van der Waals surface area contributed by atoms with Crippen LogP contribution in [0.15, 0.2) is 0 Å². The molecular formula is C10H16ClN5. The lowest BCUT2D eigenvalue weighted by Gasteiger charge is -2.41. The van der Waals surface area contributed by atoms with Crippen molar-refractivity contribution in [3.8, 4) is 0 Å². The highest BCUT2D eigenvalue weighted by atomic mass is 35.5. The van der Waals surface area contributed by atoms with Crippen molar-refractivity contribution in [1.82, 2.24) is 15.0 Å². The van der Waals surface area contributed by atoms with Crippen molar-refractivity contribution in [2.24, 2.45) is 0 Å². The quantitative estimate of drug-likeness (QED) is 0.847. The second-order valence-corrected chi connectivity index (χ2v) is 4.45. The number of anilines is 2. The fourth-order valence-corrected chi connectivity index (χ4v) is 2.09. The van der Waals surface area contributed by atoms with Gasteiger partial charge in [0.2, 0.25) is 17.2 Å². The van der Waals surface area contributed by atoms with E-state index in [9.17, 15) is 0 Å². The SMILES string of the molecule is CCC1(Nc2nc(Cl)nc(NC)n2)CCC1. The van der Waals surface area contributed by atoms with Crippen LogP contribution in [0.4, 0.5) is 11.9 Å². The molecule has 0 aliphatic heterocycles. The maximum atomic E-state index is 5.82. The van der Waals surface area contributed by atoms with Gasteiger partial charge in [0.1, 0.15) is 0 Å². The molecule has 1 fully saturated rings. The van der Waals surface area contributed by atoms with Crippen LogP contribution in [0.25, 0.3) is 0 Å². The van der Waals surface area contributed by atoms with Crippen molar-refractivity contribution in [2.75, 3.05) is 17.7 Å². The molecule has 6 heteroatoms. The summed E-state index contributed by atoms with van der Waals surface area (Å²) in [6.45, 7) is 2.17. The highest BCUT2D eigenvalue weighted by molar-refractivity contribution is 6.28. The molecule has 16 heavy (non-hydrogen) atoms. The van der Waals surface area contributed by atoms with Crippen LogP contribution in [0.3, 0.4) is 0 Å². The van der Waals surface area contributed by atoms with Crippen molar-refractivity contribution in [1.29, 1.82) is 0 Å². The Morgan fingerprint density at radius 3 is 2.44 bits per heavy atom. The fraction of sp³-hybridized carbons (Fsp3) is 0.700. The first kappa shape index (κ1) is 11.4. The van der Waals surface area contributed by atoms with Crippen molar-refractivity contribution >= 4 is 23.5 Å². The zero-order valence-electron chi connectivity index (χ0n) is 9.55. The van der Waals surface area contributed by atoms with E-state index in [1.807, 2.05) is 0 Å². The molecule has 1 aliphatic carbocycles. The normalized spacial score (nSPS) is 17.7. The first-order chi connectivity index (χ1) is 7.67. The third kappa shape index (κ3) is 2.19. The summed E-state index contributed by atoms with van der Waals surface area (Å²) in [6.07, 6.45) is 4.67. The Balaban J connectivity index is 2.17. The summed E-state index contributed by atoms with van der Waals surface area (Å²) in [7, 11) is 1.76. The smallest absolute Gasteiger partial charge is 0.229 e. The molecule has 1 aliphatic rings. The number of rotatable bonds is 4. The average Bonchev–Trinajstić information content (AvgIpc) is 2.22. The third-order valence-corrected chi connectivity index (χ3v) is 3.37. The van der Waals surface area contributed by atoms with Crippen molar-refractivity contribution in [2.45, 2.75) is 38.1 Å². The van der Waals surface area contributed by atoms with Gasteiger partial charge in [-0.2, -0.15) is 15.0 Å². The van der Waals surface area contributed by atoms with Gasteiger partial charge in [-0.1, -0.05) is 6.92 Å². The van der Waals surface area contributed by atoms with Crippen LogP contribution in [-0.2, 0) is 0 Å². The Labute approximate surface area is 100 Å². The van der Waals surface area contributed by atoms with Gasteiger partial charge in [-0.3, -0.25) is 0 Å². The van der Waals surface area contributed by atoms with Crippen LogP contribution in [-0.4, -0.2) is 27.5 Å². The van der Waals surface area contributed by atoms with Crippen LogP contribution < -0.4 is 10.6 Å². The van der Waals surface area contributed by atoms with E-state index in [1.54, 1.807) is 7.05 Å². The first-order valence-corrected chi connectivity index (χ1v) is 5.93. The van der Waals surface area contributed by atoms with E-state index in [-0.39, 0.29) is 10.8 Å². The molecule has 0 radical (unpaired) electrons. The summed E-state index contributed by atoms with van der Waals surface area (Å²) in [5.74, 6) is 1.05. The molecule has 2 rings (SSSR count). The fourth-order valence-electron chi connectivity index (χ4n) is 1.93. The van der Waals surface area contributed by atoms with E-state index >= 15 is 0 Å². The Hall–Kier alpha value is -1.10. The molecule has 0 atom stereocenters. The van der Waals surface area contributed by atoms with Crippen molar-refractivity contribution < 1.29 is 0 Å². The van der Waals surface area contributed by atoms with Crippen LogP contribution >= 0.6 is 11.6 Å². The molecule has 2 N–H and O–H groups in total. The van der Waals surface area contributed by atoms with Gasteiger partial charge in [0.25, 0.3) is 0 Å². The van der Waals surface area contributed by atoms with Gasteiger partial charge in [0, 0.05) is 12.6 Å². The molecule has 1 heterocycles. The maximum absolute atomic E-state index is 5.82. The van der Waals surface area contributed by atoms with Crippen LogP contribution in [0.5, 0.6) is 0 Å². The lowest BCUT2D eigenvalue weighted by molar-refractivity contribution is 0.268. The van der Waals surface area contributed by atoms with Gasteiger partial charge >= 0.3 is 0 Å². The summed E-state index contributed by atoms with van der Waals surface area (Å²) < 4.78 is 0. The molecule has 0 amide bonds. The summed E-state index contributed by atoms with van der Waals surface area (Å²) in [5, 5.41) is 6.45. The molecule has 0 aromatic carbocycles. The van der Waals surface area contributed by atoms with Gasteiger partial charge in [-0.15, -0.1) is 0 Å². The standard InChI is InChI=1S/C10H16ClN5/c1-3-10(5-4-6-10)16-9-14-7(11)13-8(12-2)15-9/h3-6H2,1-2H3,(H2,12,13,14,15,16). The molecule has 1 saturated carbocycles. The molecule has 1 aromatic rings. The Kier molecular flexibility index (Phi) is 3.14. The third-order valence-electron chi connectivity index (χ3n) is 3.20. The second kappa shape index (κ2) is 4.41. The molecule has 0 unspecified atom stereocenters. The van der Waals surface area contributed by atoms with E-state index in [0.717, 1.165) is 6.42 Å². The number of aromatic nitrogens is 3. The molecule has 5 nitrogen and oxygen atoms in total. The number of hydrogen-bond donors (Lipinski definition) is 2. The first-order valence-electron chi connectivity index (χ1n) is 5.55. The molecule has 0 spiro atoms. The summed E-state index contributed by atoms with van der Waals surface area (Å²) in [6, 6.07) is 0. The minimum Gasteiger partial charge on any atom is -0.357 e. The van der Waals surface area contributed by atoms with Gasteiger partial charge in [-0.25, -0.2) is 0 Å². The lowest BCUT2D eigenvalue weighted by Crippen LogP contribution is -2.44. The Morgan fingerprint density at radius 2 is 1.94 bits per heavy atom. The average molecular weight is 242 g/mol.